The second kappa shape index (κ2) is 5.70. The highest BCUT2D eigenvalue weighted by Gasteiger charge is 2.22. The Morgan fingerprint density at radius 2 is 2.06 bits per heavy atom. The second-order valence-corrected chi connectivity index (χ2v) is 4.59. The van der Waals surface area contributed by atoms with Crippen molar-refractivity contribution in [2.24, 2.45) is 11.8 Å². The zero-order valence-corrected chi connectivity index (χ0v) is 10.8. The number of halogens is 3. The van der Waals surface area contributed by atoms with E-state index in [0.717, 1.165) is 12.5 Å². The van der Waals surface area contributed by atoms with Crippen LogP contribution in [0, 0.1) is 17.6 Å². The molecule has 0 amide bonds. The Morgan fingerprint density at radius 3 is 2.56 bits per heavy atom. The van der Waals surface area contributed by atoms with Crippen molar-refractivity contribution in [2.45, 2.75) is 26.3 Å². The van der Waals surface area contributed by atoms with Crippen molar-refractivity contribution in [3.63, 3.8) is 0 Å². The molecule has 0 fully saturated rings. The molecule has 0 saturated heterocycles. The molecule has 0 spiro atoms. The van der Waals surface area contributed by atoms with Gasteiger partial charge < -0.3 is 0 Å². The Kier molecular flexibility index (Phi) is 4.83. The second-order valence-electron chi connectivity index (χ2n) is 3.79. The minimum Gasteiger partial charge on any atom is -0.271 e. The standard InChI is InChI=1S/C11H15BrF2N2/c1-3-6(2)11(16-15)7-4-5-8(13)10(14)9(7)12/h4-6,11,16H,3,15H2,1-2H3. The van der Waals surface area contributed by atoms with Gasteiger partial charge in [-0.1, -0.05) is 26.3 Å². The van der Waals surface area contributed by atoms with E-state index >= 15 is 0 Å². The van der Waals surface area contributed by atoms with Gasteiger partial charge >= 0.3 is 0 Å². The average Bonchev–Trinajstić information content (AvgIpc) is 2.29. The lowest BCUT2D eigenvalue weighted by Gasteiger charge is -2.23. The van der Waals surface area contributed by atoms with Gasteiger partial charge in [-0.2, -0.15) is 0 Å². The summed E-state index contributed by atoms with van der Waals surface area (Å²) in [4.78, 5) is 0. The van der Waals surface area contributed by atoms with Gasteiger partial charge in [0.25, 0.3) is 0 Å². The first-order valence-electron chi connectivity index (χ1n) is 5.12. The molecule has 0 saturated carbocycles. The normalized spacial score (nSPS) is 14.9. The van der Waals surface area contributed by atoms with E-state index in [1.165, 1.54) is 0 Å². The van der Waals surface area contributed by atoms with Gasteiger partial charge in [-0.3, -0.25) is 11.3 Å². The molecule has 2 unspecified atom stereocenters. The molecule has 0 aliphatic heterocycles. The van der Waals surface area contributed by atoms with E-state index in [1.807, 2.05) is 13.8 Å². The van der Waals surface area contributed by atoms with E-state index in [-0.39, 0.29) is 16.4 Å². The van der Waals surface area contributed by atoms with Crippen molar-refractivity contribution in [1.82, 2.24) is 5.43 Å². The third kappa shape index (κ3) is 2.59. The maximum Gasteiger partial charge on any atom is 0.173 e. The lowest BCUT2D eigenvalue weighted by atomic mass is 9.93. The maximum atomic E-state index is 13.4. The van der Waals surface area contributed by atoms with Gasteiger partial charge in [-0.05, 0) is 33.5 Å². The summed E-state index contributed by atoms with van der Waals surface area (Å²) >= 11 is 3.06. The highest BCUT2D eigenvalue weighted by Crippen LogP contribution is 2.32. The molecule has 1 rings (SSSR count). The lowest BCUT2D eigenvalue weighted by molar-refractivity contribution is 0.378. The number of hydrazine groups is 1. The Balaban J connectivity index is 3.16. The van der Waals surface area contributed by atoms with E-state index in [2.05, 4.69) is 21.4 Å². The van der Waals surface area contributed by atoms with Crippen LogP contribution in [0.1, 0.15) is 31.9 Å². The van der Waals surface area contributed by atoms with Crippen molar-refractivity contribution in [3.05, 3.63) is 33.8 Å². The first-order valence-corrected chi connectivity index (χ1v) is 5.91. The van der Waals surface area contributed by atoms with E-state index in [0.29, 0.717) is 5.56 Å². The van der Waals surface area contributed by atoms with Crippen LogP contribution in [0.25, 0.3) is 0 Å². The zero-order chi connectivity index (χ0) is 12.3. The monoisotopic (exact) mass is 292 g/mol. The highest BCUT2D eigenvalue weighted by atomic mass is 79.9. The van der Waals surface area contributed by atoms with Crippen molar-refractivity contribution < 1.29 is 8.78 Å². The van der Waals surface area contributed by atoms with Crippen LogP contribution in [0.15, 0.2) is 16.6 Å². The molecule has 2 atom stereocenters. The molecule has 0 aliphatic rings. The highest BCUT2D eigenvalue weighted by molar-refractivity contribution is 9.10. The van der Waals surface area contributed by atoms with Crippen molar-refractivity contribution in [2.75, 3.05) is 0 Å². The fraction of sp³-hybridized carbons (Fsp3) is 0.455. The van der Waals surface area contributed by atoms with Gasteiger partial charge in [0.05, 0.1) is 4.47 Å². The van der Waals surface area contributed by atoms with Crippen LogP contribution >= 0.6 is 15.9 Å². The Morgan fingerprint density at radius 1 is 1.44 bits per heavy atom. The molecule has 0 aliphatic carbocycles. The van der Waals surface area contributed by atoms with Crippen LogP contribution in [0.2, 0.25) is 0 Å². The van der Waals surface area contributed by atoms with E-state index < -0.39 is 11.6 Å². The first-order chi connectivity index (χ1) is 7.52. The molecule has 0 heterocycles. The van der Waals surface area contributed by atoms with Gasteiger partial charge in [0, 0.05) is 6.04 Å². The minimum atomic E-state index is -0.874. The third-order valence-corrected chi connectivity index (χ3v) is 3.60. The minimum absolute atomic E-state index is 0.135. The topological polar surface area (TPSA) is 38.0 Å². The molecular formula is C11H15BrF2N2. The van der Waals surface area contributed by atoms with E-state index in [4.69, 9.17) is 5.84 Å². The fourth-order valence-electron chi connectivity index (χ4n) is 1.58. The van der Waals surface area contributed by atoms with Crippen LogP contribution in [0.4, 0.5) is 8.78 Å². The third-order valence-electron chi connectivity index (χ3n) is 2.79. The van der Waals surface area contributed by atoms with Crippen molar-refractivity contribution in [3.8, 4) is 0 Å². The van der Waals surface area contributed by atoms with Gasteiger partial charge in [-0.15, -0.1) is 0 Å². The molecule has 16 heavy (non-hydrogen) atoms. The van der Waals surface area contributed by atoms with Crippen LogP contribution in [-0.2, 0) is 0 Å². The van der Waals surface area contributed by atoms with Crippen LogP contribution in [0.3, 0.4) is 0 Å². The SMILES string of the molecule is CCC(C)C(NN)c1ccc(F)c(F)c1Br. The molecule has 1 aromatic carbocycles. The van der Waals surface area contributed by atoms with Gasteiger partial charge in [0.2, 0.25) is 0 Å². The van der Waals surface area contributed by atoms with Crippen molar-refractivity contribution >= 4 is 15.9 Å². The molecule has 2 nitrogen and oxygen atoms in total. The molecule has 0 bridgehead atoms. The maximum absolute atomic E-state index is 13.4. The largest absolute Gasteiger partial charge is 0.271 e. The van der Waals surface area contributed by atoms with Gasteiger partial charge in [0.15, 0.2) is 11.6 Å². The van der Waals surface area contributed by atoms with E-state index in [9.17, 15) is 8.78 Å². The summed E-state index contributed by atoms with van der Waals surface area (Å²) in [5, 5.41) is 0. The molecule has 5 heteroatoms. The zero-order valence-electron chi connectivity index (χ0n) is 9.23. The number of nitrogens with two attached hydrogens (primary N) is 1. The summed E-state index contributed by atoms with van der Waals surface area (Å²) in [5.74, 6) is 3.94. The number of nitrogens with one attached hydrogen (secondary N) is 1. The number of benzene rings is 1. The van der Waals surface area contributed by atoms with Gasteiger partial charge in [-0.25, -0.2) is 8.78 Å². The fourth-order valence-corrected chi connectivity index (χ4v) is 2.15. The van der Waals surface area contributed by atoms with Crippen LogP contribution in [0.5, 0.6) is 0 Å². The summed E-state index contributed by atoms with van der Waals surface area (Å²) in [6.07, 6.45) is 0.889. The number of hydrogen-bond acceptors (Lipinski definition) is 2. The predicted octanol–water partition coefficient (Wildman–Crippen LogP) is 3.28. The summed E-state index contributed by atoms with van der Waals surface area (Å²) in [6.45, 7) is 4.01. The molecule has 3 N–H and O–H groups in total. The van der Waals surface area contributed by atoms with Crippen LogP contribution < -0.4 is 11.3 Å². The number of hydrogen-bond donors (Lipinski definition) is 2. The van der Waals surface area contributed by atoms with Crippen molar-refractivity contribution in [1.29, 1.82) is 0 Å². The van der Waals surface area contributed by atoms with E-state index in [1.54, 1.807) is 6.07 Å². The number of rotatable bonds is 4. The molecule has 90 valence electrons. The molecule has 1 aromatic rings. The quantitative estimate of drug-likeness (QED) is 0.508. The smallest absolute Gasteiger partial charge is 0.173 e. The molecule has 0 aromatic heterocycles. The summed E-state index contributed by atoms with van der Waals surface area (Å²) in [7, 11) is 0. The predicted molar refractivity (Wildman–Crippen MR) is 63.6 cm³/mol. The van der Waals surface area contributed by atoms with Gasteiger partial charge in [0.1, 0.15) is 0 Å². The summed E-state index contributed by atoms with van der Waals surface area (Å²) in [5.41, 5.74) is 3.27. The molecule has 0 radical (unpaired) electrons. The Hall–Kier alpha value is -0.520. The van der Waals surface area contributed by atoms with Crippen LogP contribution in [-0.4, -0.2) is 0 Å². The first kappa shape index (κ1) is 13.5. The summed E-state index contributed by atoms with van der Waals surface area (Å²) in [6, 6.07) is 2.45. The molecular weight excluding hydrogens is 278 g/mol. The lowest BCUT2D eigenvalue weighted by Crippen LogP contribution is -2.32. The Bertz CT molecular complexity index is 371. The Labute approximate surface area is 102 Å². The average molecular weight is 293 g/mol. The summed E-state index contributed by atoms with van der Waals surface area (Å²) < 4.78 is 26.5.